The van der Waals surface area contributed by atoms with Crippen LogP contribution in [-0.2, 0) is 4.79 Å². The summed E-state index contributed by atoms with van der Waals surface area (Å²) in [5.41, 5.74) is 0. The van der Waals surface area contributed by atoms with E-state index in [4.69, 9.17) is 10.2 Å². The number of carboxylic acids is 1. The summed E-state index contributed by atoms with van der Waals surface area (Å²) in [6.07, 6.45) is 0.271. The molecule has 100 valence electrons. The van der Waals surface area contributed by atoms with Gasteiger partial charge in [-0.05, 0) is 33.5 Å². The summed E-state index contributed by atoms with van der Waals surface area (Å²) >= 11 is 0. The van der Waals surface area contributed by atoms with Crippen LogP contribution in [0, 0.1) is 0 Å². The van der Waals surface area contributed by atoms with Crippen LogP contribution in [0.3, 0.4) is 0 Å². The van der Waals surface area contributed by atoms with E-state index in [1.54, 1.807) is 0 Å². The third-order valence-corrected chi connectivity index (χ3v) is 2.06. The van der Waals surface area contributed by atoms with Crippen molar-refractivity contribution in [3.05, 3.63) is 0 Å². The second kappa shape index (κ2) is 8.77. The van der Waals surface area contributed by atoms with Gasteiger partial charge >= 0.3 is 12.0 Å². The lowest BCUT2D eigenvalue weighted by Crippen LogP contribution is -2.42. The van der Waals surface area contributed by atoms with Crippen LogP contribution in [0.25, 0.3) is 0 Å². The summed E-state index contributed by atoms with van der Waals surface area (Å²) in [4.78, 5) is 23.4. The number of aliphatic hydroxyl groups excluding tert-OH is 1. The minimum atomic E-state index is -1.56. The minimum absolute atomic E-state index is 0.293. The number of aliphatic carboxylic acids is 1. The molecule has 7 nitrogen and oxygen atoms in total. The average Bonchev–Trinajstić information content (AvgIpc) is 2.24. The van der Waals surface area contributed by atoms with E-state index >= 15 is 0 Å². The highest BCUT2D eigenvalue weighted by Gasteiger charge is 2.13. The number of hydrogen-bond donors (Lipinski definition) is 4. The molecule has 2 amide bonds. The monoisotopic (exact) mass is 247 g/mol. The van der Waals surface area contributed by atoms with Gasteiger partial charge in [-0.25, -0.2) is 9.59 Å². The van der Waals surface area contributed by atoms with Crippen LogP contribution in [0.15, 0.2) is 0 Å². The van der Waals surface area contributed by atoms with Crippen molar-refractivity contribution in [1.82, 2.24) is 15.5 Å². The van der Waals surface area contributed by atoms with Crippen LogP contribution in [0.1, 0.15) is 12.8 Å². The molecule has 0 radical (unpaired) electrons. The van der Waals surface area contributed by atoms with Gasteiger partial charge in [0.15, 0.2) is 6.10 Å². The van der Waals surface area contributed by atoms with E-state index in [0.29, 0.717) is 6.54 Å². The first kappa shape index (κ1) is 15.7. The minimum Gasteiger partial charge on any atom is -0.479 e. The molecular weight excluding hydrogens is 226 g/mol. The molecule has 0 rings (SSSR count). The lowest BCUT2D eigenvalue weighted by atomic mass is 10.3. The topological polar surface area (TPSA) is 102 Å². The van der Waals surface area contributed by atoms with Gasteiger partial charge in [-0.2, -0.15) is 0 Å². The molecule has 1 unspecified atom stereocenters. The number of carbonyl (C=O) groups is 2. The molecule has 4 N–H and O–H groups in total. The maximum atomic E-state index is 11.1. The Morgan fingerprint density at radius 2 is 1.88 bits per heavy atom. The number of hydrogen-bond acceptors (Lipinski definition) is 4. The average molecular weight is 247 g/mol. The Hall–Kier alpha value is -1.34. The Kier molecular flexibility index (Phi) is 8.08. The molecule has 0 aromatic carbocycles. The molecule has 0 bridgehead atoms. The highest BCUT2D eigenvalue weighted by Crippen LogP contribution is 1.88. The zero-order valence-corrected chi connectivity index (χ0v) is 10.3. The molecule has 0 spiro atoms. The quantitative estimate of drug-likeness (QED) is 0.415. The maximum absolute atomic E-state index is 11.1. The molecule has 0 aliphatic carbocycles. The molecule has 0 fully saturated rings. The third-order valence-electron chi connectivity index (χ3n) is 2.06. The molecule has 0 heterocycles. The van der Waals surface area contributed by atoms with E-state index < -0.39 is 18.1 Å². The Labute approximate surface area is 101 Å². The predicted octanol–water partition coefficient (Wildman–Crippen LogP) is -0.927. The van der Waals surface area contributed by atoms with E-state index in [9.17, 15) is 9.59 Å². The smallest absolute Gasteiger partial charge is 0.334 e. The van der Waals surface area contributed by atoms with Gasteiger partial charge in [0.2, 0.25) is 0 Å². The first-order chi connectivity index (χ1) is 7.93. The van der Waals surface area contributed by atoms with Crippen LogP contribution < -0.4 is 10.6 Å². The van der Waals surface area contributed by atoms with Crippen LogP contribution in [0.4, 0.5) is 4.79 Å². The van der Waals surface area contributed by atoms with Gasteiger partial charge in [-0.1, -0.05) is 0 Å². The van der Waals surface area contributed by atoms with Crippen molar-refractivity contribution in [2.24, 2.45) is 0 Å². The number of carboxylic acid groups (broad SMARTS) is 1. The maximum Gasteiger partial charge on any atom is 0.334 e. The van der Waals surface area contributed by atoms with E-state index in [2.05, 4.69) is 15.5 Å². The fourth-order valence-electron chi connectivity index (χ4n) is 1.09. The summed E-state index contributed by atoms with van der Waals surface area (Å²) < 4.78 is 0. The Bertz CT molecular complexity index is 246. The number of urea groups is 1. The molecule has 0 saturated carbocycles. The number of unbranched alkanes of at least 4 members (excludes halogenated alkanes) is 1. The lowest BCUT2D eigenvalue weighted by Gasteiger charge is -2.11. The summed E-state index contributed by atoms with van der Waals surface area (Å²) in [7, 11) is 3.96. The van der Waals surface area contributed by atoms with Crippen molar-refractivity contribution in [3.8, 4) is 0 Å². The van der Waals surface area contributed by atoms with Crippen LogP contribution in [-0.4, -0.2) is 66.9 Å². The number of carbonyl (C=O) groups excluding carboxylic acids is 1. The van der Waals surface area contributed by atoms with Gasteiger partial charge in [0.1, 0.15) is 0 Å². The van der Waals surface area contributed by atoms with Crippen molar-refractivity contribution in [2.45, 2.75) is 18.9 Å². The molecule has 17 heavy (non-hydrogen) atoms. The first-order valence-electron chi connectivity index (χ1n) is 5.50. The molecule has 0 aromatic rings. The zero-order chi connectivity index (χ0) is 13.3. The molecule has 0 aliphatic rings. The molecule has 0 aromatic heterocycles. The second-order valence-corrected chi connectivity index (χ2v) is 4.00. The largest absolute Gasteiger partial charge is 0.479 e. The van der Waals surface area contributed by atoms with E-state index in [0.717, 1.165) is 19.4 Å². The van der Waals surface area contributed by atoms with Crippen molar-refractivity contribution in [2.75, 3.05) is 33.7 Å². The molecule has 0 saturated heterocycles. The third kappa shape index (κ3) is 9.58. The van der Waals surface area contributed by atoms with Gasteiger partial charge < -0.3 is 25.7 Å². The van der Waals surface area contributed by atoms with Gasteiger partial charge in [-0.3, -0.25) is 0 Å². The fourth-order valence-corrected chi connectivity index (χ4v) is 1.09. The fraction of sp³-hybridized carbons (Fsp3) is 0.800. The van der Waals surface area contributed by atoms with Crippen molar-refractivity contribution < 1.29 is 19.8 Å². The normalized spacial score (nSPS) is 12.2. The second-order valence-electron chi connectivity index (χ2n) is 4.00. The predicted molar refractivity (Wildman–Crippen MR) is 62.8 cm³/mol. The number of aliphatic hydroxyl groups is 1. The zero-order valence-electron chi connectivity index (χ0n) is 10.3. The lowest BCUT2D eigenvalue weighted by molar-refractivity contribution is -0.146. The SMILES string of the molecule is CN(C)CCCCNC(=O)NCC(O)C(=O)O. The summed E-state index contributed by atoms with van der Waals surface area (Å²) in [5, 5.41) is 22.1. The molecule has 7 heteroatoms. The number of nitrogens with zero attached hydrogens (tertiary/aromatic N) is 1. The van der Waals surface area contributed by atoms with Crippen LogP contribution in [0.5, 0.6) is 0 Å². The van der Waals surface area contributed by atoms with Gasteiger partial charge in [-0.15, -0.1) is 0 Å². The highest BCUT2D eigenvalue weighted by molar-refractivity contribution is 5.76. The Morgan fingerprint density at radius 1 is 1.24 bits per heavy atom. The van der Waals surface area contributed by atoms with Gasteiger partial charge in [0.25, 0.3) is 0 Å². The standard InChI is InChI=1S/C10H21N3O4/c1-13(2)6-4-3-5-11-10(17)12-7-8(14)9(15)16/h8,14H,3-7H2,1-2H3,(H,15,16)(H2,11,12,17). The number of nitrogens with one attached hydrogen (secondary N) is 2. The van der Waals surface area contributed by atoms with Gasteiger partial charge in [0, 0.05) is 6.54 Å². The van der Waals surface area contributed by atoms with Crippen molar-refractivity contribution in [1.29, 1.82) is 0 Å². The first-order valence-corrected chi connectivity index (χ1v) is 5.50. The molecule has 1 atom stereocenters. The Morgan fingerprint density at radius 3 is 2.41 bits per heavy atom. The number of amides is 2. The van der Waals surface area contributed by atoms with Crippen molar-refractivity contribution >= 4 is 12.0 Å². The van der Waals surface area contributed by atoms with Crippen LogP contribution in [0.2, 0.25) is 0 Å². The number of rotatable bonds is 8. The van der Waals surface area contributed by atoms with E-state index in [1.807, 2.05) is 14.1 Å². The summed E-state index contributed by atoms with van der Waals surface area (Å²) in [5.74, 6) is -1.35. The van der Waals surface area contributed by atoms with E-state index in [1.165, 1.54) is 0 Å². The summed E-state index contributed by atoms with van der Waals surface area (Å²) in [6.45, 7) is 1.20. The molecular formula is C10H21N3O4. The van der Waals surface area contributed by atoms with E-state index in [-0.39, 0.29) is 6.54 Å². The van der Waals surface area contributed by atoms with Gasteiger partial charge in [0.05, 0.1) is 6.54 Å². The Balaban J connectivity index is 3.44. The summed E-state index contributed by atoms with van der Waals surface area (Å²) in [6, 6.07) is -0.463. The van der Waals surface area contributed by atoms with Crippen molar-refractivity contribution in [3.63, 3.8) is 0 Å². The highest BCUT2D eigenvalue weighted by atomic mass is 16.4. The van der Waals surface area contributed by atoms with Crippen LogP contribution >= 0.6 is 0 Å². The molecule has 0 aliphatic heterocycles.